The highest BCUT2D eigenvalue weighted by Gasteiger charge is 2.38. The van der Waals surface area contributed by atoms with E-state index in [4.69, 9.17) is 10.5 Å². The summed E-state index contributed by atoms with van der Waals surface area (Å²) >= 11 is 0. The molecule has 7 heteroatoms. The van der Waals surface area contributed by atoms with Gasteiger partial charge in [-0.15, -0.1) is 0 Å². The van der Waals surface area contributed by atoms with Crippen molar-refractivity contribution in [1.29, 1.82) is 0 Å². The highest BCUT2D eigenvalue weighted by atomic mass is 19.4. The molecule has 0 radical (unpaired) electrons. The van der Waals surface area contributed by atoms with Crippen molar-refractivity contribution in [3.8, 4) is 0 Å². The van der Waals surface area contributed by atoms with Gasteiger partial charge in [-0.05, 0) is 45.7 Å². The molecule has 1 heterocycles. The summed E-state index contributed by atoms with van der Waals surface area (Å²) in [6, 6.07) is 4.61. The number of alkyl halides is 3. The van der Waals surface area contributed by atoms with Crippen molar-refractivity contribution < 1.29 is 22.7 Å². The molecule has 1 aromatic carbocycles. The number of benzene rings is 1. The first kappa shape index (κ1) is 19.6. The summed E-state index contributed by atoms with van der Waals surface area (Å²) in [5.74, 6) is -0.279. The molecule has 0 saturated carbocycles. The Balaban J connectivity index is 2.28. The molecule has 0 spiro atoms. The lowest BCUT2D eigenvalue weighted by molar-refractivity contribution is -0.137. The van der Waals surface area contributed by atoms with Gasteiger partial charge in [0.15, 0.2) is 0 Å². The molecule has 140 valence electrons. The summed E-state index contributed by atoms with van der Waals surface area (Å²) in [7, 11) is 0. The average Bonchev–Trinajstić information content (AvgIpc) is 2.46. The zero-order valence-corrected chi connectivity index (χ0v) is 14.9. The van der Waals surface area contributed by atoms with Gasteiger partial charge in [-0.1, -0.05) is 18.2 Å². The Morgan fingerprint density at radius 3 is 2.48 bits per heavy atom. The third-order valence-electron chi connectivity index (χ3n) is 4.33. The number of carbonyl (C=O) groups excluding carboxylic acids is 1. The predicted octanol–water partition coefficient (Wildman–Crippen LogP) is 4.15. The van der Waals surface area contributed by atoms with E-state index in [1.54, 1.807) is 26.8 Å². The first-order chi connectivity index (χ1) is 11.4. The van der Waals surface area contributed by atoms with Crippen LogP contribution >= 0.6 is 0 Å². The van der Waals surface area contributed by atoms with Crippen LogP contribution in [0.5, 0.6) is 0 Å². The van der Waals surface area contributed by atoms with Gasteiger partial charge in [-0.2, -0.15) is 13.2 Å². The van der Waals surface area contributed by atoms with E-state index in [-0.39, 0.29) is 18.0 Å². The summed E-state index contributed by atoms with van der Waals surface area (Å²) in [4.78, 5) is 14.0. The summed E-state index contributed by atoms with van der Waals surface area (Å²) in [6.07, 6.45) is -4.38. The van der Waals surface area contributed by atoms with Gasteiger partial charge in [-0.25, -0.2) is 4.79 Å². The molecule has 1 saturated heterocycles. The van der Waals surface area contributed by atoms with Crippen LogP contribution in [0.2, 0.25) is 0 Å². The van der Waals surface area contributed by atoms with Crippen LogP contribution in [0, 0.1) is 0 Å². The van der Waals surface area contributed by atoms with E-state index in [0.29, 0.717) is 18.5 Å². The fraction of sp³-hybridized carbons (Fsp3) is 0.611. The van der Waals surface area contributed by atoms with Crippen molar-refractivity contribution in [2.24, 2.45) is 5.73 Å². The zero-order chi connectivity index (χ0) is 19.0. The average molecular weight is 358 g/mol. The third-order valence-corrected chi connectivity index (χ3v) is 4.33. The molecular weight excluding hydrogens is 333 g/mol. The molecule has 1 aromatic rings. The van der Waals surface area contributed by atoms with E-state index in [9.17, 15) is 18.0 Å². The number of amides is 1. The number of likely N-dealkylation sites (tertiary alicyclic amines) is 1. The summed E-state index contributed by atoms with van der Waals surface area (Å²) in [5, 5.41) is 0. The van der Waals surface area contributed by atoms with E-state index in [1.165, 1.54) is 11.0 Å². The van der Waals surface area contributed by atoms with Crippen LogP contribution in [0.4, 0.5) is 18.0 Å². The molecule has 0 bridgehead atoms. The Kier molecular flexibility index (Phi) is 5.37. The second-order valence-electron chi connectivity index (χ2n) is 7.60. The Bertz CT molecular complexity index is 625. The number of hydrogen-bond acceptors (Lipinski definition) is 3. The molecule has 1 amide bonds. The number of ether oxygens (including phenoxy) is 1. The quantitative estimate of drug-likeness (QED) is 0.821. The molecule has 4 nitrogen and oxygen atoms in total. The van der Waals surface area contributed by atoms with Crippen LogP contribution in [0.1, 0.15) is 51.2 Å². The van der Waals surface area contributed by atoms with Gasteiger partial charge in [0.2, 0.25) is 0 Å². The molecule has 2 rings (SSSR count). The second-order valence-corrected chi connectivity index (χ2v) is 7.60. The van der Waals surface area contributed by atoms with Crippen molar-refractivity contribution in [2.45, 2.75) is 63.9 Å². The second kappa shape index (κ2) is 6.86. The van der Waals surface area contributed by atoms with Gasteiger partial charge in [0.1, 0.15) is 5.60 Å². The van der Waals surface area contributed by atoms with E-state index >= 15 is 0 Å². The Morgan fingerprint density at radius 2 is 1.92 bits per heavy atom. The summed E-state index contributed by atoms with van der Waals surface area (Å²) in [6.45, 7) is 7.45. The number of piperidine rings is 1. The monoisotopic (exact) mass is 358 g/mol. The molecule has 0 aromatic heterocycles. The minimum absolute atomic E-state index is 0.279. The van der Waals surface area contributed by atoms with Crippen LogP contribution in [0.25, 0.3) is 0 Å². The van der Waals surface area contributed by atoms with Crippen LogP contribution in [0.15, 0.2) is 24.3 Å². The first-order valence-corrected chi connectivity index (χ1v) is 8.31. The minimum Gasteiger partial charge on any atom is -0.444 e. The number of nitrogens with zero attached hydrogens (tertiary/aromatic N) is 1. The topological polar surface area (TPSA) is 55.6 Å². The minimum atomic E-state index is -4.40. The maximum atomic E-state index is 13.0. The highest BCUT2D eigenvalue weighted by Crippen LogP contribution is 2.36. The van der Waals surface area contributed by atoms with Gasteiger partial charge in [-0.3, -0.25) is 0 Å². The highest BCUT2D eigenvalue weighted by molar-refractivity contribution is 5.69. The van der Waals surface area contributed by atoms with Crippen molar-refractivity contribution in [3.63, 3.8) is 0 Å². The summed E-state index contributed by atoms with van der Waals surface area (Å²) in [5.41, 5.74) is 5.26. The van der Waals surface area contributed by atoms with Crippen LogP contribution in [-0.4, -0.2) is 35.2 Å². The van der Waals surface area contributed by atoms with E-state index < -0.39 is 23.4 Å². The number of halogens is 3. The predicted molar refractivity (Wildman–Crippen MR) is 89.2 cm³/mol. The molecule has 3 unspecified atom stereocenters. The molecule has 3 atom stereocenters. The molecule has 2 N–H and O–H groups in total. The van der Waals surface area contributed by atoms with Gasteiger partial charge in [0.05, 0.1) is 5.56 Å². The molecule has 1 fully saturated rings. The van der Waals surface area contributed by atoms with Crippen molar-refractivity contribution >= 4 is 6.09 Å². The number of rotatable bonds is 1. The van der Waals surface area contributed by atoms with Crippen molar-refractivity contribution in [3.05, 3.63) is 35.4 Å². The molecule has 0 aliphatic carbocycles. The smallest absolute Gasteiger partial charge is 0.416 e. The lowest BCUT2D eigenvalue weighted by atomic mass is 9.82. The fourth-order valence-electron chi connectivity index (χ4n) is 3.16. The Hall–Kier alpha value is -1.76. The number of carbonyl (C=O) groups is 1. The lowest BCUT2D eigenvalue weighted by Crippen LogP contribution is -2.54. The van der Waals surface area contributed by atoms with E-state index in [2.05, 4.69) is 0 Å². The zero-order valence-electron chi connectivity index (χ0n) is 14.9. The third kappa shape index (κ3) is 4.87. The maximum absolute atomic E-state index is 13.0. The number of hydrogen-bond donors (Lipinski definition) is 1. The van der Waals surface area contributed by atoms with Gasteiger partial charge in [0.25, 0.3) is 0 Å². The van der Waals surface area contributed by atoms with Crippen molar-refractivity contribution in [1.82, 2.24) is 4.90 Å². The first-order valence-electron chi connectivity index (χ1n) is 8.31. The van der Waals surface area contributed by atoms with Crippen molar-refractivity contribution in [2.75, 3.05) is 6.54 Å². The Labute approximate surface area is 146 Å². The van der Waals surface area contributed by atoms with Gasteiger partial charge >= 0.3 is 12.3 Å². The van der Waals surface area contributed by atoms with Gasteiger partial charge in [0, 0.05) is 24.5 Å². The molecule has 1 aliphatic rings. The summed E-state index contributed by atoms with van der Waals surface area (Å²) < 4.78 is 44.4. The Morgan fingerprint density at radius 1 is 1.28 bits per heavy atom. The molecule has 1 aliphatic heterocycles. The van der Waals surface area contributed by atoms with Crippen LogP contribution < -0.4 is 5.73 Å². The fourth-order valence-corrected chi connectivity index (χ4v) is 3.16. The SMILES string of the molecule is CC1C(c2cccc(C(F)(F)F)c2)CC(N)CN1C(=O)OC(C)(C)C. The standard InChI is InChI=1S/C18H25F3N2O2/c1-11-15(12-6-5-7-13(8-12)18(19,20)21)9-14(22)10-23(11)16(24)25-17(2,3)4/h5-8,11,14-15H,9-10,22H2,1-4H3. The molecular formula is C18H25F3N2O2. The lowest BCUT2D eigenvalue weighted by Gasteiger charge is -2.42. The largest absolute Gasteiger partial charge is 0.444 e. The molecule has 25 heavy (non-hydrogen) atoms. The number of nitrogens with two attached hydrogens (primary N) is 1. The van der Waals surface area contributed by atoms with Crippen LogP contribution in [0.3, 0.4) is 0 Å². The maximum Gasteiger partial charge on any atom is 0.416 e. The van der Waals surface area contributed by atoms with E-state index in [1.807, 2.05) is 6.92 Å². The normalized spacial score (nSPS) is 25.0. The van der Waals surface area contributed by atoms with E-state index in [0.717, 1.165) is 12.1 Å². The van der Waals surface area contributed by atoms with Gasteiger partial charge < -0.3 is 15.4 Å². The van der Waals surface area contributed by atoms with Crippen LogP contribution in [-0.2, 0) is 10.9 Å².